The van der Waals surface area contributed by atoms with Gasteiger partial charge in [0.25, 0.3) is 0 Å². The molecule has 1 aromatic heterocycles. The van der Waals surface area contributed by atoms with Crippen LogP contribution in [0.15, 0.2) is 28.8 Å². The number of ether oxygens (including phenoxy) is 2. The molecule has 1 saturated heterocycles. The number of methoxy groups -OCH3 is 1. The van der Waals surface area contributed by atoms with Crippen LogP contribution < -0.4 is 4.74 Å². The minimum Gasteiger partial charge on any atom is -0.497 e. The van der Waals surface area contributed by atoms with Gasteiger partial charge in [-0.15, -0.1) is 0 Å². The molecule has 2 aromatic rings. The van der Waals surface area contributed by atoms with Crippen molar-refractivity contribution in [3.8, 4) is 5.75 Å². The highest BCUT2D eigenvalue weighted by molar-refractivity contribution is 5.42. The fourth-order valence-corrected chi connectivity index (χ4v) is 7.08. The zero-order valence-corrected chi connectivity index (χ0v) is 16.3. The molecule has 4 aliphatic rings. The lowest BCUT2D eigenvalue weighted by Gasteiger charge is -2.51. The lowest BCUT2D eigenvalue weighted by Crippen LogP contribution is -2.46. The number of nitrogens with zero attached hydrogens (tertiary/aromatic N) is 1. The van der Waals surface area contributed by atoms with Gasteiger partial charge in [0.1, 0.15) is 5.75 Å². The molecule has 4 nitrogen and oxygen atoms in total. The monoisotopic (exact) mass is 365 g/mol. The van der Waals surface area contributed by atoms with E-state index < -0.39 is 0 Å². The second kappa shape index (κ2) is 5.16. The Kier molecular flexibility index (Phi) is 3.09. The molecule has 6 rings (SSSR count). The summed E-state index contributed by atoms with van der Waals surface area (Å²) in [7, 11) is 1.76. The first-order valence-corrected chi connectivity index (χ1v) is 10.4. The third kappa shape index (κ3) is 1.90. The smallest absolute Gasteiger partial charge is 0.172 e. The van der Waals surface area contributed by atoms with Gasteiger partial charge in [0.2, 0.25) is 0 Å². The normalized spacial score (nSPS) is 41.3. The van der Waals surface area contributed by atoms with Crippen molar-refractivity contribution in [1.82, 2.24) is 5.16 Å². The van der Waals surface area contributed by atoms with Crippen molar-refractivity contribution in [3.63, 3.8) is 0 Å². The molecule has 3 fully saturated rings. The molecule has 3 aliphatic carbocycles. The van der Waals surface area contributed by atoms with E-state index in [2.05, 4.69) is 36.3 Å². The van der Waals surface area contributed by atoms with Crippen LogP contribution in [-0.2, 0) is 16.8 Å². The Morgan fingerprint density at radius 1 is 1.22 bits per heavy atom. The van der Waals surface area contributed by atoms with Crippen molar-refractivity contribution in [2.24, 2.45) is 17.3 Å². The lowest BCUT2D eigenvalue weighted by molar-refractivity contribution is -0.0446. The van der Waals surface area contributed by atoms with Gasteiger partial charge >= 0.3 is 0 Å². The molecule has 0 bridgehead atoms. The maximum absolute atomic E-state index is 6.34. The highest BCUT2D eigenvalue weighted by Gasteiger charge is 2.78. The van der Waals surface area contributed by atoms with Crippen molar-refractivity contribution < 1.29 is 14.0 Å². The van der Waals surface area contributed by atoms with E-state index in [-0.39, 0.29) is 11.0 Å². The van der Waals surface area contributed by atoms with Crippen LogP contribution in [0.1, 0.15) is 61.1 Å². The molecule has 1 aromatic carbocycles. The van der Waals surface area contributed by atoms with Crippen LogP contribution in [0, 0.1) is 24.2 Å². The zero-order chi connectivity index (χ0) is 18.4. The second-order valence-electron chi connectivity index (χ2n) is 9.35. The van der Waals surface area contributed by atoms with Crippen LogP contribution in [0.5, 0.6) is 5.75 Å². The Labute approximate surface area is 160 Å². The number of aryl methyl sites for hydroxylation is 2. The summed E-state index contributed by atoms with van der Waals surface area (Å²) in [4.78, 5) is 0. The SMILES string of the molecule is COc1ccc2c(c1)CC[C@@H]1[C@@H]2CC[C@@]2(C)[C@H]1C[C@H]1O[C@]12c1cc(C)no1. The quantitative estimate of drug-likeness (QED) is 0.721. The van der Waals surface area contributed by atoms with Gasteiger partial charge in [0, 0.05) is 11.5 Å². The topological polar surface area (TPSA) is 47.8 Å². The zero-order valence-electron chi connectivity index (χ0n) is 16.3. The van der Waals surface area contributed by atoms with Crippen molar-refractivity contribution in [1.29, 1.82) is 0 Å². The lowest BCUT2D eigenvalue weighted by atomic mass is 9.53. The highest BCUT2D eigenvalue weighted by atomic mass is 16.6. The average Bonchev–Trinajstić information content (AvgIpc) is 3.16. The van der Waals surface area contributed by atoms with Gasteiger partial charge in [0.15, 0.2) is 11.4 Å². The Morgan fingerprint density at radius 3 is 2.89 bits per heavy atom. The predicted molar refractivity (Wildman–Crippen MR) is 101 cm³/mol. The van der Waals surface area contributed by atoms with E-state index in [0.717, 1.165) is 23.1 Å². The summed E-state index contributed by atoms with van der Waals surface area (Å²) in [5.74, 6) is 4.10. The van der Waals surface area contributed by atoms with Gasteiger partial charge in [0.05, 0.1) is 18.9 Å². The van der Waals surface area contributed by atoms with Crippen molar-refractivity contribution in [2.45, 2.75) is 63.6 Å². The molecule has 0 radical (unpaired) electrons. The first kappa shape index (κ1) is 16.2. The Morgan fingerprint density at radius 2 is 2.11 bits per heavy atom. The number of benzene rings is 1. The van der Waals surface area contributed by atoms with Crippen LogP contribution in [-0.4, -0.2) is 18.4 Å². The predicted octanol–water partition coefficient (Wildman–Crippen LogP) is 4.75. The molecule has 0 N–H and O–H groups in total. The third-order valence-electron chi connectivity index (χ3n) is 8.36. The first-order valence-electron chi connectivity index (χ1n) is 10.4. The molecule has 1 aliphatic heterocycles. The van der Waals surface area contributed by atoms with Crippen LogP contribution in [0.3, 0.4) is 0 Å². The third-order valence-corrected chi connectivity index (χ3v) is 8.36. The number of rotatable bonds is 2. The Bertz CT molecular complexity index is 920. The summed E-state index contributed by atoms with van der Waals surface area (Å²) in [6.45, 7) is 4.46. The average molecular weight is 365 g/mol. The summed E-state index contributed by atoms with van der Waals surface area (Å²) in [5.41, 5.74) is 3.97. The van der Waals surface area contributed by atoms with E-state index in [4.69, 9.17) is 14.0 Å². The van der Waals surface area contributed by atoms with Gasteiger partial charge in [-0.1, -0.05) is 18.1 Å². The largest absolute Gasteiger partial charge is 0.497 e. The van der Waals surface area contributed by atoms with E-state index >= 15 is 0 Å². The van der Waals surface area contributed by atoms with Crippen LogP contribution in [0.4, 0.5) is 0 Å². The maximum atomic E-state index is 6.34. The standard InChI is InChI=1S/C23H27NO3/c1-13-10-21(27-24-13)23-20(26-23)12-19-18-6-4-14-11-15(25-3)5-7-16(14)17(18)8-9-22(19,23)2/h5,7,10-11,17-20H,4,6,8-9,12H2,1-3H3/t17-,18-,19+,20-,22+,23+/m1/s1. The van der Waals surface area contributed by atoms with Gasteiger partial charge in [-0.05, 0) is 80.0 Å². The van der Waals surface area contributed by atoms with Gasteiger partial charge < -0.3 is 14.0 Å². The number of epoxide rings is 1. The number of hydrogen-bond donors (Lipinski definition) is 0. The molecular weight excluding hydrogens is 338 g/mol. The summed E-state index contributed by atoms with van der Waals surface area (Å²) in [6, 6.07) is 8.83. The van der Waals surface area contributed by atoms with E-state index in [1.165, 1.54) is 37.7 Å². The van der Waals surface area contributed by atoms with E-state index in [1.807, 2.05) is 6.92 Å². The Balaban J connectivity index is 1.37. The minimum absolute atomic E-state index is 0.161. The van der Waals surface area contributed by atoms with Gasteiger partial charge in [-0.25, -0.2) is 0 Å². The molecule has 6 atom stereocenters. The summed E-state index contributed by atoms with van der Waals surface area (Å²) >= 11 is 0. The fourth-order valence-electron chi connectivity index (χ4n) is 7.08. The van der Waals surface area contributed by atoms with Crippen LogP contribution in [0.2, 0.25) is 0 Å². The molecule has 27 heavy (non-hydrogen) atoms. The molecule has 4 heteroatoms. The van der Waals surface area contributed by atoms with Crippen LogP contribution in [0.25, 0.3) is 0 Å². The molecule has 142 valence electrons. The molecule has 0 unspecified atom stereocenters. The number of hydrogen-bond acceptors (Lipinski definition) is 4. The van der Waals surface area contributed by atoms with Gasteiger partial charge in [-0.2, -0.15) is 0 Å². The molecule has 2 saturated carbocycles. The highest BCUT2D eigenvalue weighted by Crippen LogP contribution is 2.75. The number of aromatic nitrogens is 1. The van der Waals surface area contributed by atoms with Crippen molar-refractivity contribution >= 4 is 0 Å². The summed E-state index contributed by atoms with van der Waals surface area (Å²) in [6.07, 6.45) is 6.37. The summed E-state index contributed by atoms with van der Waals surface area (Å²) < 4.78 is 17.5. The van der Waals surface area contributed by atoms with E-state index in [1.54, 1.807) is 12.7 Å². The molecule has 2 heterocycles. The molecule has 0 spiro atoms. The number of fused-ring (bicyclic) bond motifs is 7. The molecule has 0 amide bonds. The van der Waals surface area contributed by atoms with E-state index in [0.29, 0.717) is 17.9 Å². The Hall–Kier alpha value is -1.81. The second-order valence-corrected chi connectivity index (χ2v) is 9.35. The summed E-state index contributed by atoms with van der Waals surface area (Å²) in [5, 5.41) is 4.16. The minimum atomic E-state index is -0.218. The first-order chi connectivity index (χ1) is 13.1. The van der Waals surface area contributed by atoms with Crippen LogP contribution >= 0.6 is 0 Å². The molecular formula is C23H27NO3. The van der Waals surface area contributed by atoms with E-state index in [9.17, 15) is 0 Å². The van der Waals surface area contributed by atoms with Gasteiger partial charge in [-0.3, -0.25) is 0 Å². The fraction of sp³-hybridized carbons (Fsp3) is 0.609. The maximum Gasteiger partial charge on any atom is 0.172 e. The van der Waals surface area contributed by atoms with Crippen molar-refractivity contribution in [3.05, 3.63) is 46.8 Å². The van der Waals surface area contributed by atoms with Crippen molar-refractivity contribution in [2.75, 3.05) is 7.11 Å².